The average Bonchev–Trinajstić information content (AvgIpc) is 2.54. The van der Waals surface area contributed by atoms with Gasteiger partial charge in [-0.25, -0.2) is 0 Å². The van der Waals surface area contributed by atoms with Crippen molar-refractivity contribution in [1.82, 2.24) is 24.9 Å². The maximum Gasteiger partial charge on any atom is 0.236 e. The van der Waals surface area contributed by atoms with Crippen molar-refractivity contribution in [3.8, 4) is 0 Å². The van der Waals surface area contributed by atoms with E-state index in [-0.39, 0.29) is 36.3 Å². The number of piperazine rings is 1. The molecule has 0 aromatic rings. The molecule has 0 aromatic carbocycles. The van der Waals surface area contributed by atoms with E-state index in [1.807, 2.05) is 39.5 Å². The molecule has 0 bridgehead atoms. The van der Waals surface area contributed by atoms with E-state index in [1.54, 1.807) is 16.8 Å². The van der Waals surface area contributed by atoms with Crippen LogP contribution in [0.1, 0.15) is 34.6 Å². The van der Waals surface area contributed by atoms with Gasteiger partial charge in [0.05, 0.1) is 19.6 Å². The number of likely N-dealkylation sites (N-methyl/N-ethyl adjacent to an activating group) is 2. The summed E-state index contributed by atoms with van der Waals surface area (Å²) in [6.45, 7) is 14.6. The summed E-state index contributed by atoms with van der Waals surface area (Å²) in [5.74, 6) is 0.0885. The minimum Gasteiger partial charge on any atom is -0.350 e. The Balaban J connectivity index is 2.36. The van der Waals surface area contributed by atoms with Gasteiger partial charge >= 0.3 is 0 Å². The van der Waals surface area contributed by atoms with Crippen LogP contribution in [0.2, 0.25) is 0 Å². The Morgan fingerprint density at radius 3 is 2.00 bits per heavy atom. The van der Waals surface area contributed by atoms with E-state index in [1.165, 1.54) is 0 Å². The van der Waals surface area contributed by atoms with Gasteiger partial charge in [-0.15, -0.1) is 0 Å². The molecule has 27 heavy (non-hydrogen) atoms. The molecule has 1 aliphatic heterocycles. The Bertz CT molecular complexity index is 506. The molecule has 1 saturated heterocycles. The monoisotopic (exact) mass is 383 g/mol. The van der Waals surface area contributed by atoms with Crippen molar-refractivity contribution in [2.75, 3.05) is 66.0 Å². The van der Waals surface area contributed by atoms with Gasteiger partial charge in [0.1, 0.15) is 0 Å². The predicted molar refractivity (Wildman–Crippen MR) is 106 cm³/mol. The highest BCUT2D eigenvalue weighted by molar-refractivity contribution is 5.81. The summed E-state index contributed by atoms with van der Waals surface area (Å²) < 4.78 is 0. The molecule has 8 nitrogen and oxygen atoms in total. The van der Waals surface area contributed by atoms with E-state index >= 15 is 0 Å². The van der Waals surface area contributed by atoms with Crippen LogP contribution >= 0.6 is 0 Å². The lowest BCUT2D eigenvalue weighted by atomic mass is 10.1. The second-order valence-electron chi connectivity index (χ2n) is 8.19. The third kappa shape index (κ3) is 8.71. The molecule has 156 valence electrons. The van der Waals surface area contributed by atoms with Crippen molar-refractivity contribution in [3.63, 3.8) is 0 Å². The quantitative estimate of drug-likeness (QED) is 0.631. The van der Waals surface area contributed by atoms with Gasteiger partial charge < -0.3 is 15.1 Å². The average molecular weight is 384 g/mol. The first-order chi connectivity index (χ1) is 12.6. The van der Waals surface area contributed by atoms with Crippen molar-refractivity contribution >= 4 is 17.7 Å². The van der Waals surface area contributed by atoms with Gasteiger partial charge in [0.2, 0.25) is 17.7 Å². The number of carbonyl (C=O) groups excluding carboxylic acids is 3. The minimum absolute atomic E-state index is 0.0110. The SMILES string of the molecule is CCN(CC)C(=O)CN(C)CC(=O)N1CCN(CC(=O)NC(C)(C)C)CC1. The third-order valence-electron chi connectivity index (χ3n) is 4.53. The molecular weight excluding hydrogens is 346 g/mol. The molecular formula is C19H37N5O3. The van der Waals surface area contributed by atoms with Crippen LogP contribution in [0.5, 0.6) is 0 Å². The number of nitrogens with one attached hydrogen (secondary N) is 1. The topological polar surface area (TPSA) is 76.2 Å². The number of rotatable bonds is 8. The summed E-state index contributed by atoms with van der Waals surface area (Å²) in [6, 6.07) is 0. The molecule has 1 aliphatic rings. The van der Waals surface area contributed by atoms with E-state index < -0.39 is 0 Å². The van der Waals surface area contributed by atoms with E-state index in [0.717, 1.165) is 0 Å². The number of amides is 3. The van der Waals surface area contributed by atoms with Crippen LogP contribution in [0.15, 0.2) is 0 Å². The molecule has 8 heteroatoms. The zero-order valence-corrected chi connectivity index (χ0v) is 17.9. The van der Waals surface area contributed by atoms with Gasteiger partial charge in [-0.2, -0.15) is 0 Å². The van der Waals surface area contributed by atoms with Crippen molar-refractivity contribution in [1.29, 1.82) is 0 Å². The van der Waals surface area contributed by atoms with E-state index in [0.29, 0.717) is 45.8 Å². The standard InChI is InChI=1S/C19H37N5O3/c1-7-23(8-2)17(26)14-21(6)15-18(27)24-11-9-22(10-12-24)13-16(25)20-19(3,4)5/h7-15H2,1-6H3,(H,20,25). The van der Waals surface area contributed by atoms with Crippen LogP contribution in [0.25, 0.3) is 0 Å². The first-order valence-electron chi connectivity index (χ1n) is 9.83. The van der Waals surface area contributed by atoms with Crippen LogP contribution in [-0.2, 0) is 14.4 Å². The third-order valence-corrected chi connectivity index (χ3v) is 4.53. The number of carbonyl (C=O) groups is 3. The Morgan fingerprint density at radius 2 is 1.52 bits per heavy atom. The molecule has 1 rings (SSSR count). The largest absolute Gasteiger partial charge is 0.350 e. The van der Waals surface area contributed by atoms with Crippen molar-refractivity contribution in [3.05, 3.63) is 0 Å². The van der Waals surface area contributed by atoms with Gasteiger partial charge in [-0.05, 0) is 41.7 Å². The highest BCUT2D eigenvalue weighted by Gasteiger charge is 2.24. The Hall–Kier alpha value is -1.67. The highest BCUT2D eigenvalue weighted by atomic mass is 16.2. The van der Waals surface area contributed by atoms with Crippen LogP contribution < -0.4 is 5.32 Å². The molecule has 0 aliphatic carbocycles. The lowest BCUT2D eigenvalue weighted by Crippen LogP contribution is -2.54. The van der Waals surface area contributed by atoms with E-state index in [4.69, 9.17) is 0 Å². The maximum atomic E-state index is 12.5. The zero-order chi connectivity index (χ0) is 20.6. The molecule has 3 amide bonds. The lowest BCUT2D eigenvalue weighted by molar-refractivity contribution is -0.136. The van der Waals surface area contributed by atoms with Crippen molar-refractivity contribution < 1.29 is 14.4 Å². The maximum absolute atomic E-state index is 12.5. The minimum atomic E-state index is -0.234. The van der Waals surface area contributed by atoms with E-state index in [9.17, 15) is 14.4 Å². The van der Waals surface area contributed by atoms with Crippen LogP contribution in [0.4, 0.5) is 0 Å². The second kappa shape index (κ2) is 10.6. The molecule has 1 fully saturated rings. The van der Waals surface area contributed by atoms with Gasteiger partial charge in [-0.1, -0.05) is 0 Å². The number of hydrogen-bond donors (Lipinski definition) is 1. The van der Waals surface area contributed by atoms with Crippen LogP contribution in [0.3, 0.4) is 0 Å². The number of nitrogens with zero attached hydrogens (tertiary/aromatic N) is 4. The van der Waals surface area contributed by atoms with Gasteiger partial charge in [0.15, 0.2) is 0 Å². The Kier molecular flexibility index (Phi) is 9.18. The molecule has 0 saturated carbocycles. The van der Waals surface area contributed by atoms with Crippen molar-refractivity contribution in [2.45, 2.75) is 40.2 Å². The Morgan fingerprint density at radius 1 is 0.963 bits per heavy atom. The smallest absolute Gasteiger partial charge is 0.236 e. The van der Waals surface area contributed by atoms with Gasteiger partial charge in [-0.3, -0.25) is 24.2 Å². The number of hydrogen-bond acceptors (Lipinski definition) is 5. The summed E-state index contributed by atoms with van der Waals surface area (Å²) in [6.07, 6.45) is 0. The molecule has 1 N–H and O–H groups in total. The summed E-state index contributed by atoms with van der Waals surface area (Å²) >= 11 is 0. The van der Waals surface area contributed by atoms with Crippen LogP contribution in [0, 0.1) is 0 Å². The first-order valence-corrected chi connectivity index (χ1v) is 9.83. The molecule has 0 atom stereocenters. The fraction of sp³-hybridized carbons (Fsp3) is 0.842. The molecule has 1 heterocycles. The summed E-state index contributed by atoms with van der Waals surface area (Å²) in [7, 11) is 1.80. The first kappa shape index (κ1) is 23.4. The van der Waals surface area contributed by atoms with E-state index in [2.05, 4.69) is 10.2 Å². The zero-order valence-electron chi connectivity index (χ0n) is 17.9. The molecule has 0 aromatic heterocycles. The highest BCUT2D eigenvalue weighted by Crippen LogP contribution is 2.04. The van der Waals surface area contributed by atoms with Gasteiger partial charge in [0, 0.05) is 44.8 Å². The van der Waals surface area contributed by atoms with Crippen molar-refractivity contribution in [2.24, 2.45) is 0 Å². The molecule has 0 radical (unpaired) electrons. The van der Waals surface area contributed by atoms with Crippen LogP contribution in [-0.4, -0.2) is 109 Å². The summed E-state index contributed by atoms with van der Waals surface area (Å²) in [5.41, 5.74) is -0.234. The van der Waals surface area contributed by atoms with Gasteiger partial charge in [0.25, 0.3) is 0 Å². The fourth-order valence-electron chi connectivity index (χ4n) is 3.11. The Labute approximate surface area is 163 Å². The predicted octanol–water partition coefficient (Wildman–Crippen LogP) is -0.154. The molecule has 0 unspecified atom stereocenters. The normalized spacial score (nSPS) is 15.7. The fourth-order valence-corrected chi connectivity index (χ4v) is 3.11. The molecule has 0 spiro atoms. The summed E-state index contributed by atoms with van der Waals surface area (Å²) in [4.78, 5) is 44.0. The summed E-state index contributed by atoms with van der Waals surface area (Å²) in [5, 5.41) is 2.96. The lowest BCUT2D eigenvalue weighted by Gasteiger charge is -2.35. The second-order valence-corrected chi connectivity index (χ2v) is 8.19.